The smallest absolute Gasteiger partial charge is 0.146 e. The summed E-state index contributed by atoms with van der Waals surface area (Å²) in [5.41, 5.74) is -2.28. The first-order chi connectivity index (χ1) is 12.7. The fraction of sp³-hybridized carbons (Fsp3) is 0.870. The van der Waals surface area contributed by atoms with Gasteiger partial charge >= 0.3 is 0 Å². The Balaban J connectivity index is 2.01. The lowest BCUT2D eigenvalue weighted by atomic mass is 9.42. The summed E-state index contributed by atoms with van der Waals surface area (Å²) in [4.78, 5) is 14.0. The van der Waals surface area contributed by atoms with Crippen LogP contribution in [-0.4, -0.2) is 51.1 Å². The van der Waals surface area contributed by atoms with Crippen molar-refractivity contribution in [2.45, 2.75) is 84.7 Å². The standard InChI is InChI=1S/C23H36O5/c1-11-9-23(27)19(25)17-21(7,12(2)8-15-22(17,26)10-28-15)18(24)14(4)16(13(11)3)20(23,5)6/h11-12,14-15,17,19,25-27H,8-10H2,1-7H3/t11-,12-,14+,15+,17-,19-,21+,22-,23+/m0/s1. The van der Waals surface area contributed by atoms with Gasteiger partial charge in [-0.2, -0.15) is 0 Å². The number of carbonyl (C=O) groups excluding carboxylic acids is 1. The summed E-state index contributed by atoms with van der Waals surface area (Å²) in [6, 6.07) is 0. The van der Waals surface area contributed by atoms with Gasteiger partial charge in [0.25, 0.3) is 0 Å². The summed E-state index contributed by atoms with van der Waals surface area (Å²) in [7, 11) is 0. The number of aliphatic hydroxyl groups is 3. The van der Waals surface area contributed by atoms with Gasteiger partial charge in [-0.05, 0) is 31.6 Å². The topological polar surface area (TPSA) is 87.0 Å². The van der Waals surface area contributed by atoms with E-state index in [2.05, 4.69) is 6.92 Å². The van der Waals surface area contributed by atoms with Crippen molar-refractivity contribution in [3.63, 3.8) is 0 Å². The van der Waals surface area contributed by atoms with Crippen molar-refractivity contribution in [1.82, 2.24) is 0 Å². The Kier molecular flexibility index (Phi) is 4.17. The van der Waals surface area contributed by atoms with Gasteiger partial charge < -0.3 is 20.1 Å². The van der Waals surface area contributed by atoms with E-state index >= 15 is 0 Å². The minimum atomic E-state index is -1.42. The molecule has 3 fully saturated rings. The molecular weight excluding hydrogens is 356 g/mol. The fourth-order valence-electron chi connectivity index (χ4n) is 7.44. The number of Topliss-reactive ketones (excluding diaryl/α,β-unsaturated/α-hetero) is 1. The molecule has 0 aromatic rings. The SMILES string of the molecule is CC1=C2[C@@H](C)C(=O)[C@@]3(C)[C@H]([C@H](O)[C@](O)(C[C@@H]1C)C2(C)C)[C@]1(O)CO[C@@H]1C[C@@H]3C. The van der Waals surface area contributed by atoms with Gasteiger partial charge in [-0.25, -0.2) is 0 Å². The predicted molar refractivity (Wildman–Crippen MR) is 105 cm³/mol. The highest BCUT2D eigenvalue weighted by molar-refractivity contribution is 5.90. The van der Waals surface area contributed by atoms with Crippen LogP contribution in [0.4, 0.5) is 0 Å². The number of ketones is 1. The zero-order chi connectivity index (χ0) is 21.0. The molecule has 3 aliphatic carbocycles. The van der Waals surface area contributed by atoms with Crippen LogP contribution in [-0.2, 0) is 9.53 Å². The van der Waals surface area contributed by atoms with Crippen LogP contribution < -0.4 is 0 Å². The average Bonchev–Trinajstić information content (AvgIpc) is 2.60. The van der Waals surface area contributed by atoms with Crippen LogP contribution in [0.3, 0.4) is 0 Å². The number of rotatable bonds is 0. The van der Waals surface area contributed by atoms with Crippen molar-refractivity contribution >= 4 is 5.78 Å². The monoisotopic (exact) mass is 392 g/mol. The molecule has 0 unspecified atom stereocenters. The Morgan fingerprint density at radius 3 is 2.25 bits per heavy atom. The molecule has 1 heterocycles. The van der Waals surface area contributed by atoms with E-state index in [1.165, 1.54) is 0 Å². The van der Waals surface area contributed by atoms with Gasteiger partial charge in [0.05, 0.1) is 18.8 Å². The average molecular weight is 393 g/mol. The van der Waals surface area contributed by atoms with Gasteiger partial charge in [0.2, 0.25) is 0 Å². The Morgan fingerprint density at radius 2 is 1.71 bits per heavy atom. The Bertz CT molecular complexity index is 756. The molecule has 28 heavy (non-hydrogen) atoms. The van der Waals surface area contributed by atoms with Crippen LogP contribution in [0.15, 0.2) is 11.1 Å². The summed E-state index contributed by atoms with van der Waals surface area (Å²) in [6.07, 6.45) is -0.596. The molecule has 0 aromatic heterocycles. The number of carbonyl (C=O) groups is 1. The van der Waals surface area contributed by atoms with Crippen molar-refractivity contribution in [3.05, 3.63) is 11.1 Å². The number of hydrogen-bond acceptors (Lipinski definition) is 5. The molecule has 5 nitrogen and oxygen atoms in total. The largest absolute Gasteiger partial charge is 0.390 e. The Morgan fingerprint density at radius 1 is 1.11 bits per heavy atom. The van der Waals surface area contributed by atoms with Gasteiger partial charge in [0.15, 0.2) is 0 Å². The van der Waals surface area contributed by atoms with Crippen LogP contribution in [0.5, 0.6) is 0 Å². The molecule has 4 rings (SSSR count). The molecular formula is C23H36O5. The molecule has 1 aliphatic heterocycles. The maximum absolute atomic E-state index is 14.0. The van der Waals surface area contributed by atoms with Crippen molar-refractivity contribution in [2.75, 3.05) is 6.61 Å². The third kappa shape index (κ3) is 2.04. The molecule has 9 atom stereocenters. The maximum Gasteiger partial charge on any atom is 0.146 e. The van der Waals surface area contributed by atoms with Crippen LogP contribution >= 0.6 is 0 Å². The normalized spacial score (nSPS) is 55.6. The lowest BCUT2D eigenvalue weighted by Gasteiger charge is -2.67. The third-order valence-electron chi connectivity index (χ3n) is 9.55. The van der Waals surface area contributed by atoms with Gasteiger partial charge in [0.1, 0.15) is 17.0 Å². The molecule has 2 bridgehead atoms. The van der Waals surface area contributed by atoms with E-state index in [1.54, 1.807) is 0 Å². The second-order valence-electron chi connectivity index (χ2n) is 11.0. The van der Waals surface area contributed by atoms with Crippen LogP contribution in [0.1, 0.15) is 61.3 Å². The predicted octanol–water partition coefficient (Wildman–Crippen LogP) is 2.47. The molecule has 158 valence electrons. The molecule has 0 radical (unpaired) electrons. The first-order valence-electron chi connectivity index (χ1n) is 10.7. The number of allylic oxidation sites excluding steroid dienone is 1. The summed E-state index contributed by atoms with van der Waals surface area (Å²) < 4.78 is 5.65. The number of hydrogen-bond donors (Lipinski definition) is 3. The highest BCUT2D eigenvalue weighted by Gasteiger charge is 2.73. The number of fused-ring (bicyclic) bond motifs is 5. The van der Waals surface area contributed by atoms with E-state index in [4.69, 9.17) is 4.74 Å². The van der Waals surface area contributed by atoms with E-state index in [1.807, 2.05) is 41.5 Å². The second-order valence-corrected chi connectivity index (χ2v) is 11.0. The first kappa shape index (κ1) is 20.5. The second kappa shape index (κ2) is 5.69. The maximum atomic E-state index is 14.0. The third-order valence-corrected chi connectivity index (χ3v) is 9.55. The summed E-state index contributed by atoms with van der Waals surface area (Å²) in [5.74, 6) is -1.05. The van der Waals surface area contributed by atoms with Crippen molar-refractivity contribution in [3.8, 4) is 0 Å². The van der Waals surface area contributed by atoms with Gasteiger partial charge in [-0.1, -0.05) is 52.7 Å². The van der Waals surface area contributed by atoms with Crippen molar-refractivity contribution in [2.24, 2.45) is 34.5 Å². The molecule has 0 amide bonds. The van der Waals surface area contributed by atoms with E-state index in [0.29, 0.717) is 12.8 Å². The fourth-order valence-corrected chi connectivity index (χ4v) is 7.44. The summed E-state index contributed by atoms with van der Waals surface area (Å²) >= 11 is 0. The molecule has 1 saturated heterocycles. The molecule has 0 aromatic carbocycles. The molecule has 2 saturated carbocycles. The van der Waals surface area contributed by atoms with Crippen LogP contribution in [0, 0.1) is 34.5 Å². The Hall–Kier alpha value is -0.750. The zero-order valence-corrected chi connectivity index (χ0v) is 18.2. The molecule has 5 heteroatoms. The molecule has 3 N–H and O–H groups in total. The van der Waals surface area contributed by atoms with E-state index in [-0.39, 0.29) is 36.2 Å². The number of ether oxygens (including phenoxy) is 1. The highest BCUT2D eigenvalue weighted by Crippen LogP contribution is 2.64. The van der Waals surface area contributed by atoms with E-state index in [9.17, 15) is 20.1 Å². The quantitative estimate of drug-likeness (QED) is 0.551. The van der Waals surface area contributed by atoms with Gasteiger partial charge in [-0.15, -0.1) is 0 Å². The summed E-state index contributed by atoms with van der Waals surface area (Å²) in [6.45, 7) is 14.0. The van der Waals surface area contributed by atoms with Gasteiger partial charge in [-0.3, -0.25) is 4.79 Å². The first-order valence-corrected chi connectivity index (χ1v) is 10.7. The zero-order valence-electron chi connectivity index (χ0n) is 18.2. The van der Waals surface area contributed by atoms with Crippen molar-refractivity contribution < 1.29 is 24.9 Å². The highest BCUT2D eigenvalue weighted by atomic mass is 16.6. The van der Waals surface area contributed by atoms with Crippen LogP contribution in [0.2, 0.25) is 0 Å². The lowest BCUT2D eigenvalue weighted by Crippen LogP contribution is -2.78. The van der Waals surface area contributed by atoms with Crippen LogP contribution in [0.25, 0.3) is 0 Å². The minimum absolute atomic E-state index is 0.0588. The molecule has 4 aliphatic rings. The Labute approximate surface area is 168 Å². The van der Waals surface area contributed by atoms with Crippen molar-refractivity contribution in [1.29, 1.82) is 0 Å². The summed E-state index contributed by atoms with van der Waals surface area (Å²) in [5, 5.41) is 35.3. The molecule has 0 spiro atoms. The van der Waals surface area contributed by atoms with E-state index < -0.39 is 34.1 Å². The van der Waals surface area contributed by atoms with E-state index in [0.717, 1.165) is 11.1 Å². The minimum Gasteiger partial charge on any atom is -0.390 e. The van der Waals surface area contributed by atoms with Gasteiger partial charge in [0, 0.05) is 22.7 Å². The number of aliphatic hydroxyl groups excluding tert-OH is 1. The lowest BCUT2D eigenvalue weighted by molar-refractivity contribution is -0.337.